The number of piperidine rings is 1. The first kappa shape index (κ1) is 31.8. The van der Waals surface area contributed by atoms with Gasteiger partial charge in [0.15, 0.2) is 0 Å². The number of aryl methyl sites for hydroxylation is 1. The quantitative estimate of drug-likeness (QED) is 0.193. The highest BCUT2D eigenvalue weighted by molar-refractivity contribution is 5.98. The zero-order valence-electron chi connectivity index (χ0n) is 24.6. The van der Waals surface area contributed by atoms with E-state index in [9.17, 15) is 35.9 Å². The summed E-state index contributed by atoms with van der Waals surface area (Å²) in [6.45, 7) is 0.455. The molecule has 47 heavy (non-hydrogen) atoms. The number of hydrogen-bond donors (Lipinski definition) is 1. The van der Waals surface area contributed by atoms with Crippen LogP contribution in [0.25, 0.3) is 21.9 Å². The van der Waals surface area contributed by atoms with Gasteiger partial charge in [0.1, 0.15) is 17.5 Å². The predicted octanol–water partition coefficient (Wildman–Crippen LogP) is 8.24. The summed E-state index contributed by atoms with van der Waals surface area (Å²) in [6.07, 6.45) is -4.23. The fourth-order valence-corrected chi connectivity index (χ4v) is 6.00. The molecule has 1 fully saturated rings. The molecule has 0 spiro atoms. The van der Waals surface area contributed by atoms with Gasteiger partial charge in [0.05, 0.1) is 23.7 Å². The summed E-state index contributed by atoms with van der Waals surface area (Å²) >= 11 is 0. The number of nitrogens with zero attached hydrogens (tertiary/aromatic N) is 3. The number of hydrogen-bond acceptors (Lipinski definition) is 5. The van der Waals surface area contributed by atoms with Crippen molar-refractivity contribution in [2.45, 2.75) is 31.7 Å². The number of amides is 2. The smallest absolute Gasteiger partial charge is 0.416 e. The molecule has 1 N–H and O–H groups in total. The van der Waals surface area contributed by atoms with Gasteiger partial charge in [0, 0.05) is 47.3 Å². The lowest BCUT2D eigenvalue weighted by molar-refractivity contribution is -0.194. The van der Waals surface area contributed by atoms with Gasteiger partial charge in [-0.25, -0.2) is 0 Å². The minimum Gasteiger partial charge on any atom is -0.467 e. The fraction of sp³-hybridized carbons (Fsp3) is 0.235. The Hall–Kier alpha value is -5.20. The molecule has 0 radical (unpaired) electrons. The maximum absolute atomic E-state index is 14.3. The Morgan fingerprint density at radius 1 is 0.936 bits per heavy atom. The third-order valence-corrected chi connectivity index (χ3v) is 8.34. The summed E-state index contributed by atoms with van der Waals surface area (Å²) in [7, 11) is 0. The van der Waals surface area contributed by atoms with Gasteiger partial charge in [-0.2, -0.15) is 26.3 Å². The number of alkyl halides is 6. The summed E-state index contributed by atoms with van der Waals surface area (Å²) in [5.74, 6) is -5.49. The van der Waals surface area contributed by atoms with Gasteiger partial charge in [-0.3, -0.25) is 19.6 Å². The number of benzene rings is 2. The number of rotatable bonds is 5. The predicted molar refractivity (Wildman–Crippen MR) is 160 cm³/mol. The number of furan rings is 1. The zero-order valence-corrected chi connectivity index (χ0v) is 24.6. The van der Waals surface area contributed by atoms with E-state index in [1.165, 1.54) is 43.6 Å². The van der Waals surface area contributed by atoms with E-state index in [0.717, 1.165) is 33.4 Å². The summed E-state index contributed by atoms with van der Waals surface area (Å²) in [4.78, 5) is 37.0. The lowest BCUT2D eigenvalue weighted by Gasteiger charge is -2.43. The van der Waals surface area contributed by atoms with E-state index >= 15 is 0 Å². The molecule has 1 aliphatic heterocycles. The molecule has 0 aliphatic carbocycles. The summed E-state index contributed by atoms with van der Waals surface area (Å²) in [6, 6.07) is 15.2. The van der Waals surface area contributed by atoms with E-state index in [0.29, 0.717) is 5.56 Å². The number of halogens is 6. The van der Waals surface area contributed by atoms with Crippen LogP contribution in [0.5, 0.6) is 0 Å². The number of fused-ring (bicyclic) bond motifs is 1. The van der Waals surface area contributed by atoms with E-state index in [1.54, 1.807) is 18.5 Å². The standard InChI is InChI=1S/C34H26F6N4O3/c1-19-8-10-23(14-27(19)34(38,39)40)43-31(45)25-13-22(33(35,36)37)18-44(30(25)29-7-4-12-47-29)32(46)28-11-9-21(16-42-28)26-17-41-15-20-5-2-3-6-24(20)26/h2-12,14-17,22,25,30H,13,18H2,1H3,(H,43,45). The molecule has 1 aliphatic rings. The number of nitrogens with one attached hydrogen (secondary N) is 1. The molecule has 0 bridgehead atoms. The van der Waals surface area contributed by atoms with Crippen molar-refractivity contribution in [1.82, 2.24) is 14.9 Å². The molecule has 3 atom stereocenters. The molecule has 13 heteroatoms. The van der Waals surface area contributed by atoms with Gasteiger partial charge < -0.3 is 14.6 Å². The van der Waals surface area contributed by atoms with E-state index in [4.69, 9.17) is 4.42 Å². The highest BCUT2D eigenvalue weighted by atomic mass is 19.4. The van der Waals surface area contributed by atoms with Crippen LogP contribution in [0.1, 0.15) is 39.8 Å². The topological polar surface area (TPSA) is 88.3 Å². The van der Waals surface area contributed by atoms with Crippen molar-refractivity contribution in [1.29, 1.82) is 0 Å². The molecule has 6 rings (SSSR count). The molecule has 5 aromatic rings. The van der Waals surface area contributed by atoms with Crippen molar-refractivity contribution in [3.63, 3.8) is 0 Å². The van der Waals surface area contributed by atoms with Gasteiger partial charge in [-0.15, -0.1) is 0 Å². The molecule has 7 nitrogen and oxygen atoms in total. The molecule has 1 saturated heterocycles. The largest absolute Gasteiger partial charge is 0.467 e. The second kappa shape index (κ2) is 12.2. The number of aromatic nitrogens is 2. The third kappa shape index (κ3) is 6.42. The lowest BCUT2D eigenvalue weighted by Crippen LogP contribution is -2.52. The summed E-state index contributed by atoms with van der Waals surface area (Å²) in [5, 5.41) is 4.11. The highest BCUT2D eigenvalue weighted by Crippen LogP contribution is 2.45. The van der Waals surface area contributed by atoms with Crippen molar-refractivity contribution >= 4 is 28.3 Å². The first-order valence-corrected chi connectivity index (χ1v) is 14.5. The Morgan fingerprint density at radius 2 is 1.72 bits per heavy atom. The Balaban J connectivity index is 1.35. The second-order valence-corrected chi connectivity index (χ2v) is 11.4. The molecular weight excluding hydrogens is 626 g/mol. The minimum absolute atomic E-state index is 0.0393. The molecule has 2 amide bonds. The fourth-order valence-electron chi connectivity index (χ4n) is 6.00. The summed E-state index contributed by atoms with van der Waals surface area (Å²) < 4.78 is 88.9. The van der Waals surface area contributed by atoms with Crippen molar-refractivity contribution in [3.05, 3.63) is 114 Å². The second-order valence-electron chi connectivity index (χ2n) is 11.4. The van der Waals surface area contributed by atoms with Crippen molar-refractivity contribution < 1.29 is 40.3 Å². The zero-order chi connectivity index (χ0) is 33.5. The van der Waals surface area contributed by atoms with Crippen molar-refractivity contribution in [2.24, 2.45) is 11.8 Å². The van der Waals surface area contributed by atoms with Crippen LogP contribution in [-0.2, 0) is 11.0 Å². The average Bonchev–Trinajstić information content (AvgIpc) is 3.58. The van der Waals surface area contributed by atoms with Crippen molar-refractivity contribution in [3.8, 4) is 11.1 Å². The maximum Gasteiger partial charge on any atom is 0.416 e. The van der Waals surface area contributed by atoms with Crippen LogP contribution < -0.4 is 5.32 Å². The number of anilines is 1. The van der Waals surface area contributed by atoms with Crippen molar-refractivity contribution in [2.75, 3.05) is 11.9 Å². The van der Waals surface area contributed by atoms with Crippen LogP contribution in [0.2, 0.25) is 0 Å². The molecule has 3 aromatic heterocycles. The Kier molecular flexibility index (Phi) is 8.24. The molecule has 0 saturated carbocycles. The number of pyridine rings is 2. The highest BCUT2D eigenvalue weighted by Gasteiger charge is 2.52. The van der Waals surface area contributed by atoms with Crippen LogP contribution in [0.4, 0.5) is 32.0 Å². The average molecular weight is 653 g/mol. The lowest BCUT2D eigenvalue weighted by atomic mass is 9.80. The van der Waals surface area contributed by atoms with Gasteiger partial charge in [0.2, 0.25) is 5.91 Å². The number of carbonyl (C=O) groups is 2. The molecule has 3 unspecified atom stereocenters. The summed E-state index contributed by atoms with van der Waals surface area (Å²) in [5.41, 5.74) is -0.160. The van der Waals surface area contributed by atoms with Gasteiger partial charge in [-0.05, 0) is 54.6 Å². The third-order valence-electron chi connectivity index (χ3n) is 8.34. The maximum atomic E-state index is 14.3. The SMILES string of the molecule is Cc1ccc(NC(=O)C2CC(C(F)(F)F)CN(C(=O)c3ccc(-c4cncc5ccccc45)cn3)C2c2ccco2)cc1C(F)(F)F. The Morgan fingerprint density at radius 3 is 2.40 bits per heavy atom. The van der Waals surface area contributed by atoms with E-state index in [2.05, 4.69) is 15.3 Å². The van der Waals surface area contributed by atoms with Crippen LogP contribution in [-0.4, -0.2) is 39.4 Å². The van der Waals surface area contributed by atoms with Crippen LogP contribution in [0.15, 0.2) is 96.0 Å². The van der Waals surface area contributed by atoms with Gasteiger partial charge in [-0.1, -0.05) is 36.4 Å². The number of carbonyl (C=O) groups excluding carboxylic acids is 2. The first-order valence-electron chi connectivity index (χ1n) is 14.5. The molecular formula is C34H26F6N4O3. The van der Waals surface area contributed by atoms with E-state index < -0.39 is 60.6 Å². The van der Waals surface area contributed by atoms with Gasteiger partial charge in [0.25, 0.3) is 5.91 Å². The van der Waals surface area contributed by atoms with Crippen LogP contribution in [0.3, 0.4) is 0 Å². The Labute approximate surface area is 264 Å². The van der Waals surface area contributed by atoms with Crippen LogP contribution >= 0.6 is 0 Å². The molecule has 2 aromatic carbocycles. The monoisotopic (exact) mass is 652 g/mol. The minimum atomic E-state index is -4.79. The number of likely N-dealkylation sites (tertiary alicyclic amines) is 1. The Bertz CT molecular complexity index is 1920. The normalized spacial score (nSPS) is 18.7. The van der Waals surface area contributed by atoms with E-state index in [-0.39, 0.29) is 22.7 Å². The van der Waals surface area contributed by atoms with Crippen LogP contribution in [0, 0.1) is 18.8 Å². The molecule has 242 valence electrons. The first-order chi connectivity index (χ1) is 22.3. The van der Waals surface area contributed by atoms with Gasteiger partial charge >= 0.3 is 12.4 Å². The van der Waals surface area contributed by atoms with E-state index in [1.807, 2.05) is 24.3 Å². The molecule has 4 heterocycles.